The summed E-state index contributed by atoms with van der Waals surface area (Å²) in [7, 11) is 0. The van der Waals surface area contributed by atoms with E-state index in [1.807, 2.05) is 0 Å². The molecule has 0 amide bonds. The average molecular weight is 453 g/mol. The molecule has 170 valence electrons. The number of nitrogens with zero attached hydrogens (tertiary/aromatic N) is 1. The van der Waals surface area contributed by atoms with E-state index in [-0.39, 0.29) is 23.1 Å². The van der Waals surface area contributed by atoms with E-state index in [2.05, 4.69) is 4.74 Å². The number of fused-ring (bicyclic) bond motifs is 1. The second-order valence-electron chi connectivity index (χ2n) is 7.01. The van der Waals surface area contributed by atoms with Crippen molar-refractivity contribution in [3.63, 3.8) is 0 Å². The van der Waals surface area contributed by atoms with E-state index in [1.54, 1.807) is 20.8 Å². The van der Waals surface area contributed by atoms with Crippen LogP contribution in [-0.4, -0.2) is 34.5 Å². The second kappa shape index (κ2) is 8.52. The average Bonchev–Trinajstić information content (AvgIpc) is 2.97. The molecule has 1 N–H and O–H groups in total. The first kappa shape index (κ1) is 23.1. The van der Waals surface area contributed by atoms with Gasteiger partial charge in [0.15, 0.2) is 11.6 Å². The number of halogens is 4. The molecule has 0 aliphatic rings. The van der Waals surface area contributed by atoms with Crippen LogP contribution in [0.3, 0.4) is 0 Å². The van der Waals surface area contributed by atoms with Gasteiger partial charge in [-0.1, -0.05) is 0 Å². The lowest BCUT2D eigenvalue weighted by molar-refractivity contribution is -0.274. The van der Waals surface area contributed by atoms with Crippen molar-refractivity contribution in [1.82, 2.24) is 4.57 Å². The summed E-state index contributed by atoms with van der Waals surface area (Å²) in [5.41, 5.74) is 0.748. The summed E-state index contributed by atoms with van der Waals surface area (Å²) < 4.78 is 61.3. The molecule has 0 spiro atoms. The molecular formula is C22H19F4NO5. The van der Waals surface area contributed by atoms with Gasteiger partial charge in [-0.3, -0.25) is 14.2 Å². The number of carbonyl (C=O) groups excluding carboxylic acids is 2. The van der Waals surface area contributed by atoms with Crippen LogP contribution in [0.2, 0.25) is 0 Å². The van der Waals surface area contributed by atoms with Gasteiger partial charge in [-0.05, 0) is 56.7 Å². The minimum Gasteiger partial charge on any atom is -0.505 e. The molecule has 0 bridgehead atoms. The maximum atomic E-state index is 14.1. The molecule has 10 heteroatoms. The highest BCUT2D eigenvalue weighted by atomic mass is 19.4. The molecule has 3 rings (SSSR count). The van der Waals surface area contributed by atoms with Crippen molar-refractivity contribution in [3.05, 3.63) is 59.0 Å². The molecule has 3 aromatic rings. The Hall–Kier alpha value is -3.56. The predicted molar refractivity (Wildman–Crippen MR) is 106 cm³/mol. The second-order valence-corrected chi connectivity index (χ2v) is 7.01. The van der Waals surface area contributed by atoms with E-state index >= 15 is 0 Å². The molecule has 32 heavy (non-hydrogen) atoms. The Labute approximate surface area is 180 Å². The lowest BCUT2D eigenvalue weighted by Gasteiger charge is -2.12. The van der Waals surface area contributed by atoms with Gasteiger partial charge >= 0.3 is 12.3 Å². The zero-order chi connectivity index (χ0) is 23.8. The fourth-order valence-electron chi connectivity index (χ4n) is 3.57. The van der Waals surface area contributed by atoms with Gasteiger partial charge in [0.05, 0.1) is 18.0 Å². The zero-order valence-corrected chi connectivity index (χ0v) is 17.3. The summed E-state index contributed by atoms with van der Waals surface area (Å²) in [5.74, 6) is -4.21. The van der Waals surface area contributed by atoms with Crippen molar-refractivity contribution >= 4 is 22.8 Å². The van der Waals surface area contributed by atoms with Crippen LogP contribution in [0.15, 0.2) is 36.4 Å². The van der Waals surface area contributed by atoms with Crippen LogP contribution in [0.1, 0.15) is 41.4 Å². The van der Waals surface area contributed by atoms with Crippen LogP contribution < -0.4 is 4.74 Å². The minimum atomic E-state index is -4.88. The Bertz CT molecular complexity index is 1180. The molecule has 0 saturated carbocycles. The van der Waals surface area contributed by atoms with Crippen molar-refractivity contribution in [3.8, 4) is 11.5 Å². The number of phenols is 1. The Morgan fingerprint density at radius 3 is 2.34 bits per heavy atom. The first-order valence-electron chi connectivity index (χ1n) is 9.55. The number of ether oxygens (including phenoxy) is 2. The minimum absolute atomic E-state index is 0.00310. The van der Waals surface area contributed by atoms with Crippen molar-refractivity contribution < 1.29 is 41.7 Å². The number of aromatic hydroxyl groups is 1. The summed E-state index contributed by atoms with van der Waals surface area (Å²) >= 11 is 0. The van der Waals surface area contributed by atoms with Gasteiger partial charge in [-0.15, -0.1) is 13.2 Å². The molecule has 1 aromatic heterocycles. The first-order valence-corrected chi connectivity index (χ1v) is 9.55. The highest BCUT2D eigenvalue weighted by Crippen LogP contribution is 2.36. The molecular weight excluding hydrogens is 434 g/mol. The fraction of sp³-hybridized carbons (Fsp3) is 0.273. The Kier molecular flexibility index (Phi) is 6.16. The fourth-order valence-corrected chi connectivity index (χ4v) is 3.57. The maximum absolute atomic E-state index is 14.1. The summed E-state index contributed by atoms with van der Waals surface area (Å²) in [6, 6.07) is 6.32. The largest absolute Gasteiger partial charge is 0.573 e. The summed E-state index contributed by atoms with van der Waals surface area (Å²) in [5, 5.41) is 10.1. The number of phenolic OH excluding ortho intramolecular Hbond substituents is 1. The van der Waals surface area contributed by atoms with Crippen LogP contribution in [0.5, 0.6) is 11.5 Å². The van der Waals surface area contributed by atoms with Gasteiger partial charge in [0.1, 0.15) is 5.75 Å². The molecule has 0 fully saturated rings. The topological polar surface area (TPSA) is 77.8 Å². The maximum Gasteiger partial charge on any atom is 0.573 e. The summed E-state index contributed by atoms with van der Waals surface area (Å²) in [6.45, 7) is 4.86. The highest BCUT2D eigenvalue weighted by Gasteiger charge is 2.31. The SMILES string of the molecule is CCOC(=O)[C@H](C)c1c(C)n(C(=O)c2ccc(OC(F)(F)F)cc2)c2cc(F)c(O)cc12. The molecule has 0 aliphatic carbocycles. The first-order chi connectivity index (χ1) is 14.9. The van der Waals surface area contributed by atoms with Gasteiger partial charge in [0.25, 0.3) is 5.91 Å². The van der Waals surface area contributed by atoms with E-state index in [4.69, 9.17) is 4.74 Å². The molecule has 0 radical (unpaired) electrons. The molecule has 1 heterocycles. The Morgan fingerprint density at radius 1 is 1.16 bits per heavy atom. The van der Waals surface area contributed by atoms with E-state index in [9.17, 15) is 32.3 Å². The highest BCUT2D eigenvalue weighted by molar-refractivity contribution is 6.05. The van der Waals surface area contributed by atoms with Crippen molar-refractivity contribution in [2.24, 2.45) is 0 Å². The van der Waals surface area contributed by atoms with E-state index in [0.717, 1.165) is 41.0 Å². The molecule has 0 unspecified atom stereocenters. The number of hydrogen-bond donors (Lipinski definition) is 1. The van der Waals surface area contributed by atoms with Gasteiger partial charge < -0.3 is 14.6 Å². The number of carbonyl (C=O) groups is 2. The third-order valence-electron chi connectivity index (χ3n) is 4.93. The van der Waals surface area contributed by atoms with E-state index in [1.165, 1.54) is 0 Å². The van der Waals surface area contributed by atoms with Gasteiger partial charge in [0, 0.05) is 22.7 Å². The third kappa shape index (κ3) is 4.39. The van der Waals surface area contributed by atoms with Crippen molar-refractivity contribution in [1.29, 1.82) is 0 Å². The number of hydrogen-bond acceptors (Lipinski definition) is 5. The van der Waals surface area contributed by atoms with Crippen molar-refractivity contribution in [2.75, 3.05) is 6.61 Å². The molecule has 1 atom stereocenters. The summed E-state index contributed by atoms with van der Waals surface area (Å²) in [6.07, 6.45) is -4.88. The molecule has 0 saturated heterocycles. The quantitative estimate of drug-likeness (QED) is 0.432. The number of esters is 1. The van der Waals surface area contributed by atoms with Crippen LogP contribution in [0.4, 0.5) is 17.6 Å². The standard InChI is InChI=1S/C22H19F4NO5/c1-4-31-21(30)11(2)19-12(3)27(17-10-16(23)18(28)9-15(17)19)20(29)13-5-7-14(8-6-13)32-22(24,25)26/h5-11,28H,4H2,1-3H3/t11-/m1/s1. The number of aromatic nitrogens is 1. The zero-order valence-electron chi connectivity index (χ0n) is 17.3. The predicted octanol–water partition coefficient (Wildman–Crippen LogP) is 5.05. The van der Waals surface area contributed by atoms with E-state index in [0.29, 0.717) is 11.3 Å². The molecule has 0 aliphatic heterocycles. The van der Waals surface area contributed by atoms with Crippen LogP contribution in [0, 0.1) is 12.7 Å². The Morgan fingerprint density at radius 2 is 1.78 bits per heavy atom. The normalized spacial score (nSPS) is 12.6. The molecule has 2 aromatic carbocycles. The van der Waals surface area contributed by atoms with Crippen LogP contribution >= 0.6 is 0 Å². The van der Waals surface area contributed by atoms with Crippen molar-refractivity contribution in [2.45, 2.75) is 33.1 Å². The lowest BCUT2D eigenvalue weighted by Crippen LogP contribution is -2.18. The third-order valence-corrected chi connectivity index (χ3v) is 4.93. The van der Waals surface area contributed by atoms with Crippen LogP contribution in [0.25, 0.3) is 10.9 Å². The van der Waals surface area contributed by atoms with Gasteiger partial charge in [-0.25, -0.2) is 4.39 Å². The number of alkyl halides is 3. The number of benzene rings is 2. The van der Waals surface area contributed by atoms with E-state index < -0.39 is 41.5 Å². The lowest BCUT2D eigenvalue weighted by atomic mass is 9.98. The number of rotatable bonds is 5. The monoisotopic (exact) mass is 453 g/mol. The molecule has 6 nitrogen and oxygen atoms in total. The van der Waals surface area contributed by atoms with Gasteiger partial charge in [0.2, 0.25) is 0 Å². The van der Waals surface area contributed by atoms with Crippen LogP contribution in [-0.2, 0) is 9.53 Å². The smallest absolute Gasteiger partial charge is 0.505 e. The van der Waals surface area contributed by atoms with Gasteiger partial charge in [-0.2, -0.15) is 0 Å². The Balaban J connectivity index is 2.13. The summed E-state index contributed by atoms with van der Waals surface area (Å²) in [4.78, 5) is 25.5.